The SMILES string of the molecule is Cc1sc(C(=O)NN)cc1CN1CC(C)(C)OC(C)(C)C1. The summed E-state index contributed by atoms with van der Waals surface area (Å²) in [6.07, 6.45) is 0. The predicted molar refractivity (Wildman–Crippen MR) is 85.2 cm³/mol. The topological polar surface area (TPSA) is 67.6 Å². The molecule has 0 aliphatic carbocycles. The van der Waals surface area contributed by atoms with Gasteiger partial charge in [-0.15, -0.1) is 11.3 Å². The van der Waals surface area contributed by atoms with Gasteiger partial charge in [0.05, 0.1) is 16.1 Å². The standard InChI is InChI=1S/C15H25N3O2S/c1-10-11(6-12(21-10)13(19)17-16)7-18-8-14(2,3)20-15(4,5)9-18/h6H,7-9,16H2,1-5H3,(H,17,19). The van der Waals surface area contributed by atoms with E-state index in [0.717, 1.165) is 24.5 Å². The Labute approximate surface area is 130 Å². The number of aryl methyl sites for hydroxylation is 1. The number of carbonyl (C=O) groups excluding carboxylic acids is 1. The third kappa shape index (κ3) is 4.03. The van der Waals surface area contributed by atoms with E-state index in [9.17, 15) is 4.79 Å². The number of nitrogen functional groups attached to an aromatic ring is 1. The molecule has 1 saturated heterocycles. The number of thiophene rings is 1. The maximum atomic E-state index is 11.6. The van der Waals surface area contributed by atoms with E-state index < -0.39 is 0 Å². The van der Waals surface area contributed by atoms with Crippen LogP contribution < -0.4 is 11.3 Å². The second-order valence-electron chi connectivity index (χ2n) is 6.93. The van der Waals surface area contributed by atoms with E-state index >= 15 is 0 Å². The molecule has 0 bridgehead atoms. The number of hydrogen-bond acceptors (Lipinski definition) is 5. The number of ether oxygens (including phenoxy) is 1. The molecule has 2 heterocycles. The Bertz CT molecular complexity index is 521. The van der Waals surface area contributed by atoms with Gasteiger partial charge in [-0.25, -0.2) is 5.84 Å². The average molecular weight is 311 g/mol. The Morgan fingerprint density at radius 3 is 2.48 bits per heavy atom. The molecular weight excluding hydrogens is 286 g/mol. The zero-order chi connectivity index (χ0) is 15.8. The molecule has 1 aliphatic rings. The van der Waals surface area contributed by atoms with Crippen molar-refractivity contribution >= 4 is 17.2 Å². The number of morpholine rings is 1. The van der Waals surface area contributed by atoms with Gasteiger partial charge in [0.2, 0.25) is 0 Å². The Morgan fingerprint density at radius 1 is 1.38 bits per heavy atom. The van der Waals surface area contributed by atoms with Crippen LogP contribution in [-0.4, -0.2) is 35.1 Å². The van der Waals surface area contributed by atoms with E-state index in [-0.39, 0.29) is 17.1 Å². The van der Waals surface area contributed by atoms with Gasteiger partial charge in [0.1, 0.15) is 0 Å². The van der Waals surface area contributed by atoms with Crippen LogP contribution in [0.2, 0.25) is 0 Å². The Balaban J connectivity index is 2.14. The van der Waals surface area contributed by atoms with Crippen molar-refractivity contribution in [3.05, 3.63) is 21.4 Å². The molecule has 6 heteroatoms. The van der Waals surface area contributed by atoms with Gasteiger partial charge in [-0.3, -0.25) is 15.1 Å². The van der Waals surface area contributed by atoms with Crippen LogP contribution in [0.15, 0.2) is 6.07 Å². The first kappa shape index (κ1) is 16.4. The summed E-state index contributed by atoms with van der Waals surface area (Å²) in [5.74, 6) is 4.97. The molecule has 1 aromatic heterocycles. The van der Waals surface area contributed by atoms with E-state index in [0.29, 0.717) is 4.88 Å². The highest BCUT2D eigenvalue weighted by molar-refractivity contribution is 7.14. The number of nitrogens with one attached hydrogen (secondary N) is 1. The van der Waals surface area contributed by atoms with Crippen LogP contribution in [-0.2, 0) is 11.3 Å². The van der Waals surface area contributed by atoms with Crippen LogP contribution in [0.5, 0.6) is 0 Å². The van der Waals surface area contributed by atoms with Gasteiger partial charge in [-0.05, 0) is 46.2 Å². The number of hydrazine groups is 1. The summed E-state index contributed by atoms with van der Waals surface area (Å²) in [4.78, 5) is 15.8. The zero-order valence-corrected chi connectivity index (χ0v) is 14.3. The minimum absolute atomic E-state index is 0.164. The monoisotopic (exact) mass is 311 g/mol. The van der Waals surface area contributed by atoms with Crippen molar-refractivity contribution in [2.24, 2.45) is 5.84 Å². The highest BCUT2D eigenvalue weighted by Crippen LogP contribution is 2.30. The van der Waals surface area contributed by atoms with Crippen molar-refractivity contribution in [1.29, 1.82) is 0 Å². The lowest BCUT2D eigenvalue weighted by Crippen LogP contribution is -2.56. The van der Waals surface area contributed by atoms with Gasteiger partial charge >= 0.3 is 0 Å². The summed E-state index contributed by atoms with van der Waals surface area (Å²) in [7, 11) is 0. The summed E-state index contributed by atoms with van der Waals surface area (Å²) in [6.45, 7) is 13.1. The van der Waals surface area contributed by atoms with Crippen molar-refractivity contribution in [3.63, 3.8) is 0 Å². The van der Waals surface area contributed by atoms with Crippen LogP contribution in [0.4, 0.5) is 0 Å². The first-order chi connectivity index (χ1) is 9.62. The normalized spacial score (nSPS) is 21.2. The zero-order valence-electron chi connectivity index (χ0n) is 13.4. The molecule has 0 unspecified atom stereocenters. The van der Waals surface area contributed by atoms with Crippen LogP contribution >= 0.6 is 11.3 Å². The average Bonchev–Trinajstić information content (AvgIpc) is 2.66. The summed E-state index contributed by atoms with van der Waals surface area (Å²) < 4.78 is 6.10. The largest absolute Gasteiger partial charge is 0.367 e. The fourth-order valence-electron chi connectivity index (χ4n) is 3.16. The van der Waals surface area contributed by atoms with Crippen LogP contribution in [0.3, 0.4) is 0 Å². The van der Waals surface area contributed by atoms with Crippen LogP contribution in [0.1, 0.15) is 47.8 Å². The molecule has 0 atom stereocenters. The van der Waals surface area contributed by atoms with Crippen molar-refractivity contribution in [2.75, 3.05) is 13.1 Å². The molecule has 0 aromatic carbocycles. The Hall–Kier alpha value is -0.950. The molecule has 21 heavy (non-hydrogen) atoms. The summed E-state index contributed by atoms with van der Waals surface area (Å²) >= 11 is 1.49. The maximum Gasteiger partial charge on any atom is 0.275 e. The number of hydrogen-bond donors (Lipinski definition) is 2. The minimum atomic E-state index is -0.225. The van der Waals surface area contributed by atoms with E-state index in [2.05, 4.69) is 38.0 Å². The van der Waals surface area contributed by atoms with Crippen LogP contribution in [0.25, 0.3) is 0 Å². The number of rotatable bonds is 3. The van der Waals surface area contributed by atoms with Gasteiger partial charge in [-0.2, -0.15) is 0 Å². The number of amides is 1. The maximum absolute atomic E-state index is 11.6. The highest BCUT2D eigenvalue weighted by Gasteiger charge is 2.38. The van der Waals surface area contributed by atoms with Gasteiger partial charge in [0.15, 0.2) is 0 Å². The number of nitrogens with two attached hydrogens (primary N) is 1. The lowest BCUT2D eigenvalue weighted by atomic mass is 9.98. The first-order valence-corrected chi connectivity index (χ1v) is 7.96. The molecule has 0 spiro atoms. The molecule has 1 aliphatic heterocycles. The quantitative estimate of drug-likeness (QED) is 0.509. The van der Waals surface area contributed by atoms with Crippen molar-refractivity contribution in [3.8, 4) is 0 Å². The number of nitrogens with zero attached hydrogens (tertiary/aromatic N) is 1. The Kier molecular flexibility index (Phi) is 4.44. The highest BCUT2D eigenvalue weighted by atomic mass is 32.1. The third-order valence-electron chi connectivity index (χ3n) is 3.53. The molecule has 0 saturated carbocycles. The lowest BCUT2D eigenvalue weighted by Gasteiger charge is -2.47. The van der Waals surface area contributed by atoms with Gasteiger partial charge in [-0.1, -0.05) is 0 Å². The Morgan fingerprint density at radius 2 is 1.95 bits per heavy atom. The minimum Gasteiger partial charge on any atom is -0.367 e. The third-order valence-corrected chi connectivity index (χ3v) is 4.62. The van der Waals surface area contributed by atoms with E-state index in [4.69, 9.17) is 10.6 Å². The van der Waals surface area contributed by atoms with Gasteiger partial charge in [0, 0.05) is 24.5 Å². The molecule has 5 nitrogen and oxygen atoms in total. The van der Waals surface area contributed by atoms with Crippen molar-refractivity contribution < 1.29 is 9.53 Å². The lowest BCUT2D eigenvalue weighted by molar-refractivity contribution is -0.182. The molecule has 0 radical (unpaired) electrons. The van der Waals surface area contributed by atoms with E-state index in [1.165, 1.54) is 16.9 Å². The number of carbonyl (C=O) groups is 1. The smallest absolute Gasteiger partial charge is 0.275 e. The fraction of sp³-hybridized carbons (Fsp3) is 0.667. The second kappa shape index (κ2) is 5.68. The van der Waals surface area contributed by atoms with Crippen LogP contribution in [0, 0.1) is 6.92 Å². The molecule has 118 valence electrons. The van der Waals surface area contributed by atoms with Crippen molar-refractivity contribution in [2.45, 2.75) is 52.4 Å². The second-order valence-corrected chi connectivity index (χ2v) is 8.19. The van der Waals surface area contributed by atoms with Crippen molar-refractivity contribution in [1.82, 2.24) is 10.3 Å². The van der Waals surface area contributed by atoms with E-state index in [1.807, 2.05) is 13.0 Å². The fourth-order valence-corrected chi connectivity index (χ4v) is 4.10. The molecule has 1 amide bonds. The molecule has 1 fully saturated rings. The predicted octanol–water partition coefficient (Wildman–Crippen LogP) is 2.05. The summed E-state index contributed by atoms with van der Waals surface area (Å²) in [5.41, 5.74) is 3.05. The van der Waals surface area contributed by atoms with E-state index in [1.54, 1.807) is 0 Å². The molecule has 1 aromatic rings. The molecular formula is C15H25N3O2S. The summed E-state index contributed by atoms with van der Waals surface area (Å²) in [5, 5.41) is 0. The van der Waals surface area contributed by atoms with Gasteiger partial charge < -0.3 is 4.74 Å². The molecule has 2 rings (SSSR count). The molecule has 3 N–H and O–H groups in total. The first-order valence-electron chi connectivity index (χ1n) is 7.15. The van der Waals surface area contributed by atoms with Gasteiger partial charge in [0.25, 0.3) is 5.91 Å². The summed E-state index contributed by atoms with van der Waals surface area (Å²) in [6, 6.07) is 1.94.